The fourth-order valence-corrected chi connectivity index (χ4v) is 4.89. The number of ether oxygens (including phenoxy) is 2. The van der Waals surface area contributed by atoms with Crippen LogP contribution in [-0.2, 0) is 15.5 Å². The zero-order chi connectivity index (χ0) is 20.7. The number of hydrogen-bond donors (Lipinski definition) is 0. The molecule has 1 unspecified atom stereocenters. The first-order valence-electron chi connectivity index (χ1n) is 9.22. The maximum atomic E-state index is 13.7. The lowest BCUT2D eigenvalue weighted by atomic mass is 10.0. The van der Waals surface area contributed by atoms with Crippen LogP contribution in [0.1, 0.15) is 43.6 Å². The molecule has 1 amide bonds. The molecule has 0 aliphatic carbocycles. The van der Waals surface area contributed by atoms with Crippen LogP contribution in [0.5, 0.6) is 5.75 Å². The number of rotatable bonds is 4. The van der Waals surface area contributed by atoms with Crippen molar-refractivity contribution >= 4 is 16.7 Å². The molecule has 2 aromatic carbocycles. The molecule has 6 heteroatoms. The topological polar surface area (TPSA) is 55.8 Å². The summed E-state index contributed by atoms with van der Waals surface area (Å²) in [6, 6.07) is 12.7. The van der Waals surface area contributed by atoms with Crippen molar-refractivity contribution in [1.29, 1.82) is 0 Å². The summed E-state index contributed by atoms with van der Waals surface area (Å²) in [5.74, 6) is 0.155. The summed E-state index contributed by atoms with van der Waals surface area (Å²) in [5, 5.41) is 0. The van der Waals surface area contributed by atoms with E-state index in [0.717, 1.165) is 5.56 Å². The van der Waals surface area contributed by atoms with Gasteiger partial charge >= 0.3 is 0 Å². The van der Waals surface area contributed by atoms with E-state index in [0.29, 0.717) is 27.7 Å². The lowest BCUT2D eigenvalue weighted by Crippen LogP contribution is -2.52. The average Bonchev–Trinajstić information content (AvgIpc) is 2.88. The first-order valence-corrected chi connectivity index (χ1v) is 10.4. The van der Waals surface area contributed by atoms with E-state index in [9.17, 15) is 9.00 Å². The molecule has 0 radical (unpaired) electrons. The van der Waals surface area contributed by atoms with Gasteiger partial charge in [-0.05, 0) is 58.9 Å². The second-order valence-electron chi connectivity index (χ2n) is 8.10. The predicted octanol–water partition coefficient (Wildman–Crippen LogP) is 4.16. The second-order valence-corrected chi connectivity index (χ2v) is 9.55. The van der Waals surface area contributed by atoms with Crippen molar-refractivity contribution < 1.29 is 18.5 Å². The lowest BCUT2D eigenvalue weighted by molar-refractivity contribution is -0.0434. The van der Waals surface area contributed by atoms with Crippen LogP contribution in [0.25, 0.3) is 0 Å². The maximum absolute atomic E-state index is 13.7. The van der Waals surface area contributed by atoms with E-state index < -0.39 is 22.1 Å². The number of benzene rings is 2. The molecule has 2 aromatic rings. The summed E-state index contributed by atoms with van der Waals surface area (Å²) >= 11 is 0. The van der Waals surface area contributed by atoms with E-state index in [4.69, 9.17) is 9.47 Å². The summed E-state index contributed by atoms with van der Waals surface area (Å²) in [7, 11) is -0.00176. The molecular formula is C22H27NO4S. The Bertz CT molecular complexity index is 903. The van der Waals surface area contributed by atoms with Gasteiger partial charge in [-0.2, -0.15) is 0 Å². The van der Waals surface area contributed by atoms with Crippen LogP contribution in [-0.4, -0.2) is 40.0 Å². The van der Waals surface area contributed by atoms with Crippen molar-refractivity contribution in [2.75, 3.05) is 13.7 Å². The molecule has 0 saturated carbocycles. The van der Waals surface area contributed by atoms with Crippen LogP contribution in [0.15, 0.2) is 52.3 Å². The molecule has 1 heterocycles. The summed E-state index contributed by atoms with van der Waals surface area (Å²) in [6.45, 7) is 10.1. The predicted molar refractivity (Wildman–Crippen MR) is 109 cm³/mol. The van der Waals surface area contributed by atoms with Gasteiger partial charge in [0.25, 0.3) is 5.91 Å². The molecule has 150 valence electrons. The fourth-order valence-electron chi connectivity index (χ4n) is 3.68. The molecule has 1 aliphatic heterocycles. The van der Waals surface area contributed by atoms with Crippen LogP contribution in [0.4, 0.5) is 0 Å². The molecule has 0 bridgehead atoms. The Morgan fingerprint density at radius 3 is 2.29 bits per heavy atom. The van der Waals surface area contributed by atoms with Crippen molar-refractivity contribution in [3.63, 3.8) is 0 Å². The van der Waals surface area contributed by atoms with E-state index >= 15 is 0 Å². The minimum absolute atomic E-state index is 0.250. The normalized spacial score (nSPS) is 18.7. The van der Waals surface area contributed by atoms with Crippen LogP contribution >= 0.6 is 0 Å². The Kier molecular flexibility index (Phi) is 5.38. The Morgan fingerprint density at radius 1 is 1.11 bits per heavy atom. The Hall–Kier alpha value is -2.18. The van der Waals surface area contributed by atoms with Gasteiger partial charge in [0.2, 0.25) is 0 Å². The number of aryl methyl sites for hydroxylation is 1. The third kappa shape index (κ3) is 3.59. The van der Waals surface area contributed by atoms with Gasteiger partial charge < -0.3 is 14.4 Å². The standard InChI is InChI=1S/C22H27NO4S/c1-15-10-12-16(13-11-15)28(25)18-9-7-8-17(26-6)19(18)20(24)23-21(2,3)14-27-22(23,4)5/h7-13H,14H2,1-6H3. The van der Waals surface area contributed by atoms with Crippen molar-refractivity contribution in [3.8, 4) is 5.75 Å². The third-order valence-corrected chi connectivity index (χ3v) is 6.42. The lowest BCUT2D eigenvalue weighted by Gasteiger charge is -2.38. The molecule has 1 atom stereocenters. The molecule has 0 spiro atoms. The summed E-state index contributed by atoms with van der Waals surface area (Å²) in [5.41, 5.74) is 0.129. The number of carbonyl (C=O) groups is 1. The van der Waals surface area contributed by atoms with E-state index in [1.807, 2.05) is 58.9 Å². The molecule has 1 aliphatic rings. The fraction of sp³-hybridized carbons (Fsp3) is 0.409. The molecule has 28 heavy (non-hydrogen) atoms. The van der Waals surface area contributed by atoms with Crippen molar-refractivity contribution in [2.24, 2.45) is 0 Å². The first kappa shape index (κ1) is 20.6. The molecule has 0 N–H and O–H groups in total. The number of hydrogen-bond acceptors (Lipinski definition) is 4. The first-order chi connectivity index (χ1) is 13.1. The average molecular weight is 402 g/mol. The van der Waals surface area contributed by atoms with E-state index in [1.54, 1.807) is 23.1 Å². The number of methoxy groups -OCH3 is 1. The van der Waals surface area contributed by atoms with Crippen molar-refractivity contribution in [2.45, 2.75) is 55.7 Å². The van der Waals surface area contributed by atoms with Crippen LogP contribution < -0.4 is 4.74 Å². The van der Waals surface area contributed by atoms with Crippen molar-refractivity contribution in [3.05, 3.63) is 53.6 Å². The molecule has 5 nitrogen and oxygen atoms in total. The monoisotopic (exact) mass is 401 g/mol. The van der Waals surface area contributed by atoms with Gasteiger partial charge in [-0.3, -0.25) is 4.79 Å². The highest BCUT2D eigenvalue weighted by Gasteiger charge is 2.49. The molecule has 0 aromatic heterocycles. The minimum atomic E-state index is -1.52. The number of amides is 1. The second kappa shape index (κ2) is 7.33. The zero-order valence-electron chi connectivity index (χ0n) is 17.2. The highest BCUT2D eigenvalue weighted by molar-refractivity contribution is 7.85. The van der Waals surface area contributed by atoms with Crippen LogP contribution in [0, 0.1) is 6.92 Å². The van der Waals surface area contributed by atoms with Crippen molar-refractivity contribution in [1.82, 2.24) is 4.90 Å². The molecule has 3 rings (SSSR count). The van der Waals surface area contributed by atoms with Gasteiger partial charge in [0.1, 0.15) is 11.5 Å². The minimum Gasteiger partial charge on any atom is -0.496 e. The summed E-state index contributed by atoms with van der Waals surface area (Å²) in [4.78, 5) is 16.5. The largest absolute Gasteiger partial charge is 0.496 e. The van der Waals surface area contributed by atoms with Gasteiger partial charge in [0.05, 0.1) is 40.5 Å². The Labute approximate surface area is 169 Å². The van der Waals surface area contributed by atoms with Gasteiger partial charge in [-0.25, -0.2) is 4.21 Å². The number of nitrogens with zero attached hydrogens (tertiary/aromatic N) is 1. The maximum Gasteiger partial charge on any atom is 0.261 e. The Balaban J connectivity index is 2.14. The third-order valence-electron chi connectivity index (χ3n) is 4.98. The van der Waals surface area contributed by atoms with Gasteiger partial charge in [-0.15, -0.1) is 0 Å². The van der Waals surface area contributed by atoms with Gasteiger partial charge in [-0.1, -0.05) is 23.8 Å². The Morgan fingerprint density at radius 2 is 1.75 bits per heavy atom. The SMILES string of the molecule is COc1cccc(S(=O)c2ccc(C)cc2)c1C(=O)N1C(C)(C)COC1(C)C. The summed E-state index contributed by atoms with van der Waals surface area (Å²) < 4.78 is 24.7. The molecule has 1 saturated heterocycles. The highest BCUT2D eigenvalue weighted by atomic mass is 32.2. The van der Waals surface area contributed by atoms with E-state index in [-0.39, 0.29) is 5.91 Å². The van der Waals surface area contributed by atoms with E-state index in [2.05, 4.69) is 0 Å². The van der Waals surface area contributed by atoms with Gasteiger partial charge in [0, 0.05) is 4.90 Å². The quantitative estimate of drug-likeness (QED) is 0.772. The van der Waals surface area contributed by atoms with Crippen LogP contribution in [0.3, 0.4) is 0 Å². The smallest absolute Gasteiger partial charge is 0.261 e. The summed E-state index contributed by atoms with van der Waals surface area (Å²) in [6.07, 6.45) is 0. The zero-order valence-corrected chi connectivity index (χ0v) is 18.1. The molecule has 1 fully saturated rings. The number of carbonyl (C=O) groups excluding carboxylic acids is 1. The highest BCUT2D eigenvalue weighted by Crippen LogP contribution is 2.39. The van der Waals surface area contributed by atoms with Crippen LogP contribution in [0.2, 0.25) is 0 Å². The molecular weight excluding hydrogens is 374 g/mol. The van der Waals surface area contributed by atoms with Gasteiger partial charge in [0.15, 0.2) is 0 Å². The van der Waals surface area contributed by atoms with E-state index in [1.165, 1.54) is 7.11 Å².